The molecule has 2 rings (SSSR count). The highest BCUT2D eigenvalue weighted by Crippen LogP contribution is 2.43. The first-order valence-corrected chi connectivity index (χ1v) is 7.02. The minimum Gasteiger partial charge on any atom is -0.494 e. The van der Waals surface area contributed by atoms with Gasteiger partial charge in [0.2, 0.25) is 0 Å². The van der Waals surface area contributed by atoms with Crippen molar-refractivity contribution in [3.63, 3.8) is 0 Å². The van der Waals surface area contributed by atoms with Crippen molar-refractivity contribution in [2.45, 2.75) is 45.1 Å². The second kappa shape index (κ2) is 5.49. The van der Waals surface area contributed by atoms with Crippen LogP contribution in [-0.2, 0) is 5.60 Å². The van der Waals surface area contributed by atoms with Crippen LogP contribution in [0.3, 0.4) is 0 Å². The van der Waals surface area contributed by atoms with Gasteiger partial charge in [-0.3, -0.25) is 0 Å². The summed E-state index contributed by atoms with van der Waals surface area (Å²) in [6, 6.07) is 4.80. The van der Waals surface area contributed by atoms with Crippen LogP contribution in [0, 0.1) is 17.7 Å². The molecule has 106 valence electrons. The summed E-state index contributed by atoms with van der Waals surface area (Å²) in [4.78, 5) is 0. The number of methoxy groups -OCH3 is 1. The first kappa shape index (κ1) is 14.3. The second-order valence-corrected chi connectivity index (χ2v) is 5.98. The Labute approximate surface area is 114 Å². The molecule has 0 spiro atoms. The van der Waals surface area contributed by atoms with Crippen LogP contribution in [0.1, 0.15) is 45.1 Å². The zero-order chi connectivity index (χ0) is 14.0. The molecule has 1 aromatic carbocycles. The highest BCUT2D eigenvalue weighted by molar-refractivity contribution is 5.33. The molecular formula is C16H23FO2. The van der Waals surface area contributed by atoms with Gasteiger partial charge < -0.3 is 9.84 Å². The number of halogens is 1. The van der Waals surface area contributed by atoms with Crippen LogP contribution in [0.15, 0.2) is 18.2 Å². The second-order valence-electron chi connectivity index (χ2n) is 5.98. The Morgan fingerprint density at radius 1 is 1.42 bits per heavy atom. The summed E-state index contributed by atoms with van der Waals surface area (Å²) in [5, 5.41) is 10.8. The van der Waals surface area contributed by atoms with Crippen LogP contribution in [0.2, 0.25) is 0 Å². The Balaban J connectivity index is 2.26. The average molecular weight is 266 g/mol. The van der Waals surface area contributed by atoms with E-state index in [1.54, 1.807) is 12.1 Å². The van der Waals surface area contributed by atoms with E-state index in [2.05, 4.69) is 13.8 Å². The molecule has 19 heavy (non-hydrogen) atoms. The largest absolute Gasteiger partial charge is 0.494 e. The normalized spacial score (nSPS) is 27.6. The molecule has 0 aliphatic heterocycles. The van der Waals surface area contributed by atoms with Crippen molar-refractivity contribution in [2.24, 2.45) is 11.8 Å². The molecule has 0 radical (unpaired) electrons. The van der Waals surface area contributed by atoms with E-state index >= 15 is 0 Å². The van der Waals surface area contributed by atoms with Crippen LogP contribution < -0.4 is 4.74 Å². The first-order chi connectivity index (χ1) is 8.96. The molecule has 0 saturated heterocycles. The maximum atomic E-state index is 13.8. The zero-order valence-corrected chi connectivity index (χ0v) is 11.9. The van der Waals surface area contributed by atoms with Gasteiger partial charge in [0.05, 0.1) is 12.7 Å². The van der Waals surface area contributed by atoms with E-state index in [4.69, 9.17) is 4.74 Å². The van der Waals surface area contributed by atoms with E-state index in [9.17, 15) is 9.50 Å². The maximum Gasteiger partial charge on any atom is 0.165 e. The monoisotopic (exact) mass is 266 g/mol. The zero-order valence-electron chi connectivity index (χ0n) is 11.9. The third-order valence-corrected chi connectivity index (χ3v) is 4.40. The molecule has 0 bridgehead atoms. The molecule has 1 N–H and O–H groups in total. The molecule has 2 atom stereocenters. The van der Waals surface area contributed by atoms with Crippen LogP contribution in [0.4, 0.5) is 4.39 Å². The third kappa shape index (κ3) is 2.92. The van der Waals surface area contributed by atoms with Crippen molar-refractivity contribution in [3.05, 3.63) is 29.6 Å². The minimum absolute atomic E-state index is 0.226. The summed E-state index contributed by atoms with van der Waals surface area (Å²) >= 11 is 0. The van der Waals surface area contributed by atoms with E-state index in [0.29, 0.717) is 23.8 Å². The van der Waals surface area contributed by atoms with Crippen molar-refractivity contribution in [3.8, 4) is 5.75 Å². The van der Waals surface area contributed by atoms with Gasteiger partial charge in [-0.25, -0.2) is 4.39 Å². The van der Waals surface area contributed by atoms with Crippen molar-refractivity contribution >= 4 is 0 Å². The average Bonchev–Trinajstić information content (AvgIpc) is 2.38. The Kier molecular flexibility index (Phi) is 4.14. The molecule has 1 aliphatic carbocycles. The summed E-state index contributed by atoms with van der Waals surface area (Å²) < 4.78 is 18.7. The topological polar surface area (TPSA) is 29.5 Å². The minimum atomic E-state index is -0.889. The van der Waals surface area contributed by atoms with Gasteiger partial charge in [0.1, 0.15) is 0 Å². The van der Waals surface area contributed by atoms with E-state index in [0.717, 1.165) is 19.3 Å². The molecule has 3 heteroatoms. The van der Waals surface area contributed by atoms with Gasteiger partial charge in [-0.2, -0.15) is 0 Å². The van der Waals surface area contributed by atoms with Gasteiger partial charge in [-0.05, 0) is 55.2 Å². The molecule has 2 unspecified atom stereocenters. The SMILES string of the molecule is COc1ccc(C2(O)CCCC(C(C)C)C2)cc1F. The van der Waals surface area contributed by atoms with Crippen molar-refractivity contribution in [2.75, 3.05) is 7.11 Å². The predicted molar refractivity (Wildman–Crippen MR) is 73.6 cm³/mol. The summed E-state index contributed by atoms with van der Waals surface area (Å²) in [5.41, 5.74) is -0.212. The Morgan fingerprint density at radius 2 is 2.16 bits per heavy atom. The van der Waals surface area contributed by atoms with E-state index in [-0.39, 0.29) is 5.75 Å². The number of ether oxygens (including phenoxy) is 1. The number of hydrogen-bond acceptors (Lipinski definition) is 2. The van der Waals surface area contributed by atoms with E-state index in [1.165, 1.54) is 13.2 Å². The lowest BCUT2D eigenvalue weighted by molar-refractivity contribution is -0.0297. The molecule has 0 heterocycles. The van der Waals surface area contributed by atoms with Crippen molar-refractivity contribution in [1.29, 1.82) is 0 Å². The van der Waals surface area contributed by atoms with Crippen molar-refractivity contribution < 1.29 is 14.2 Å². The molecule has 1 fully saturated rings. The lowest BCUT2D eigenvalue weighted by Gasteiger charge is -2.39. The molecule has 0 aromatic heterocycles. The summed E-state index contributed by atoms with van der Waals surface area (Å²) in [5.74, 6) is 0.877. The fraction of sp³-hybridized carbons (Fsp3) is 0.625. The van der Waals surface area contributed by atoms with Gasteiger partial charge in [-0.1, -0.05) is 19.9 Å². The van der Waals surface area contributed by atoms with E-state index < -0.39 is 11.4 Å². The molecular weight excluding hydrogens is 243 g/mol. The predicted octanol–water partition coefficient (Wildman–Crippen LogP) is 3.87. The lowest BCUT2D eigenvalue weighted by Crippen LogP contribution is -2.34. The number of aliphatic hydroxyl groups is 1. The van der Waals surface area contributed by atoms with Gasteiger partial charge >= 0.3 is 0 Å². The number of benzene rings is 1. The molecule has 0 amide bonds. The van der Waals surface area contributed by atoms with Crippen LogP contribution in [-0.4, -0.2) is 12.2 Å². The number of hydrogen-bond donors (Lipinski definition) is 1. The fourth-order valence-electron chi connectivity index (χ4n) is 3.08. The molecule has 1 aromatic rings. The van der Waals surface area contributed by atoms with Gasteiger partial charge in [0, 0.05) is 0 Å². The van der Waals surface area contributed by atoms with Gasteiger partial charge in [0.15, 0.2) is 11.6 Å². The van der Waals surface area contributed by atoms with Crippen LogP contribution in [0.5, 0.6) is 5.75 Å². The Morgan fingerprint density at radius 3 is 2.74 bits per heavy atom. The quantitative estimate of drug-likeness (QED) is 0.900. The van der Waals surface area contributed by atoms with E-state index in [1.807, 2.05) is 0 Å². The maximum absolute atomic E-state index is 13.8. The molecule has 1 saturated carbocycles. The fourth-order valence-corrected chi connectivity index (χ4v) is 3.08. The first-order valence-electron chi connectivity index (χ1n) is 7.02. The standard InChI is InChI=1S/C16H23FO2/c1-11(2)12-5-4-8-16(18,10-12)13-6-7-15(19-3)14(17)9-13/h6-7,9,11-12,18H,4-5,8,10H2,1-3H3. The molecule has 2 nitrogen and oxygen atoms in total. The van der Waals surface area contributed by atoms with Crippen LogP contribution in [0.25, 0.3) is 0 Å². The molecule has 1 aliphatic rings. The van der Waals surface area contributed by atoms with Crippen LogP contribution >= 0.6 is 0 Å². The Bertz CT molecular complexity index is 444. The highest BCUT2D eigenvalue weighted by atomic mass is 19.1. The summed E-state index contributed by atoms with van der Waals surface area (Å²) in [6.07, 6.45) is 3.57. The summed E-state index contributed by atoms with van der Waals surface area (Å²) in [6.45, 7) is 4.37. The number of rotatable bonds is 3. The smallest absolute Gasteiger partial charge is 0.165 e. The van der Waals surface area contributed by atoms with Gasteiger partial charge in [0.25, 0.3) is 0 Å². The van der Waals surface area contributed by atoms with Crippen molar-refractivity contribution in [1.82, 2.24) is 0 Å². The summed E-state index contributed by atoms with van der Waals surface area (Å²) in [7, 11) is 1.45. The lowest BCUT2D eigenvalue weighted by atomic mass is 9.71. The highest BCUT2D eigenvalue weighted by Gasteiger charge is 2.37. The van der Waals surface area contributed by atoms with Gasteiger partial charge in [-0.15, -0.1) is 0 Å². The third-order valence-electron chi connectivity index (χ3n) is 4.40. The Hall–Kier alpha value is -1.09.